The van der Waals surface area contributed by atoms with Crippen LogP contribution in [0.5, 0.6) is 5.75 Å². The largest absolute Gasteiger partial charge is 0.487 e. The van der Waals surface area contributed by atoms with Crippen molar-refractivity contribution >= 4 is 5.69 Å². The van der Waals surface area contributed by atoms with E-state index in [1.807, 2.05) is 14.1 Å². The standard InChI is InChI=1S/C15H20N2O3/c1-4-13-8-9-15(14(12-13)17(18)19)20-11-7-5-6-10-16(2)3/h1,8-9,12H,5-7,10-11H2,2-3H3. The molecular formula is C15H20N2O3. The summed E-state index contributed by atoms with van der Waals surface area (Å²) in [7, 11) is 4.07. The summed E-state index contributed by atoms with van der Waals surface area (Å²) in [6.45, 7) is 1.51. The van der Waals surface area contributed by atoms with Crippen LogP contribution in [0.4, 0.5) is 5.69 Å². The summed E-state index contributed by atoms with van der Waals surface area (Å²) in [5.74, 6) is 2.66. The van der Waals surface area contributed by atoms with Gasteiger partial charge in [0.05, 0.1) is 11.5 Å². The Bertz CT molecular complexity index is 492. The lowest BCUT2D eigenvalue weighted by molar-refractivity contribution is -0.385. The summed E-state index contributed by atoms with van der Waals surface area (Å²) in [5, 5.41) is 11.0. The summed E-state index contributed by atoms with van der Waals surface area (Å²) in [6, 6.07) is 4.57. The quantitative estimate of drug-likeness (QED) is 0.317. The summed E-state index contributed by atoms with van der Waals surface area (Å²) in [6.07, 6.45) is 8.24. The molecule has 0 N–H and O–H groups in total. The number of terminal acetylenes is 1. The van der Waals surface area contributed by atoms with Gasteiger partial charge in [0.1, 0.15) is 0 Å². The first-order chi connectivity index (χ1) is 9.54. The fourth-order valence-corrected chi connectivity index (χ4v) is 1.76. The minimum absolute atomic E-state index is 0.0752. The van der Waals surface area contributed by atoms with Crippen LogP contribution in [0.25, 0.3) is 0 Å². The van der Waals surface area contributed by atoms with E-state index in [0.717, 1.165) is 25.8 Å². The van der Waals surface area contributed by atoms with Gasteiger partial charge >= 0.3 is 5.69 Å². The Hall–Kier alpha value is -2.06. The number of nitro benzene ring substituents is 1. The third kappa shape index (κ3) is 5.29. The minimum atomic E-state index is -0.470. The molecule has 0 spiro atoms. The number of hydrogen-bond donors (Lipinski definition) is 0. The molecule has 0 aromatic heterocycles. The normalized spacial score (nSPS) is 10.3. The van der Waals surface area contributed by atoms with Crippen LogP contribution in [0.3, 0.4) is 0 Å². The van der Waals surface area contributed by atoms with Crippen LogP contribution in [-0.4, -0.2) is 37.1 Å². The molecule has 20 heavy (non-hydrogen) atoms. The van der Waals surface area contributed by atoms with Crippen molar-refractivity contribution in [2.75, 3.05) is 27.2 Å². The van der Waals surface area contributed by atoms with E-state index >= 15 is 0 Å². The Morgan fingerprint density at radius 3 is 2.70 bits per heavy atom. The highest BCUT2D eigenvalue weighted by Crippen LogP contribution is 2.27. The zero-order valence-electron chi connectivity index (χ0n) is 12.0. The number of ether oxygens (including phenoxy) is 1. The van der Waals surface area contributed by atoms with Crippen molar-refractivity contribution in [3.05, 3.63) is 33.9 Å². The molecule has 0 heterocycles. The molecular weight excluding hydrogens is 256 g/mol. The van der Waals surface area contributed by atoms with Crippen molar-refractivity contribution in [1.29, 1.82) is 0 Å². The summed E-state index contributed by atoms with van der Waals surface area (Å²) < 4.78 is 5.48. The van der Waals surface area contributed by atoms with Crippen molar-refractivity contribution in [3.63, 3.8) is 0 Å². The number of nitrogens with zero attached hydrogens (tertiary/aromatic N) is 2. The Balaban J connectivity index is 2.48. The molecule has 0 aliphatic carbocycles. The van der Waals surface area contributed by atoms with Gasteiger partial charge in [0, 0.05) is 11.6 Å². The monoisotopic (exact) mass is 276 g/mol. The molecule has 0 aliphatic rings. The first-order valence-corrected chi connectivity index (χ1v) is 6.57. The van der Waals surface area contributed by atoms with Crippen LogP contribution in [0.15, 0.2) is 18.2 Å². The maximum absolute atomic E-state index is 11.0. The molecule has 5 heteroatoms. The number of benzene rings is 1. The Morgan fingerprint density at radius 2 is 2.10 bits per heavy atom. The molecule has 1 aromatic carbocycles. The Labute approximate surface area is 119 Å². The highest BCUT2D eigenvalue weighted by molar-refractivity contribution is 5.52. The Morgan fingerprint density at radius 1 is 1.35 bits per heavy atom. The third-order valence-electron chi connectivity index (χ3n) is 2.83. The first-order valence-electron chi connectivity index (χ1n) is 6.57. The zero-order chi connectivity index (χ0) is 15.0. The average molecular weight is 276 g/mol. The lowest BCUT2D eigenvalue weighted by Crippen LogP contribution is -2.13. The predicted octanol–water partition coefficient (Wildman–Crippen LogP) is 2.69. The van der Waals surface area contributed by atoms with Crippen LogP contribution >= 0.6 is 0 Å². The van der Waals surface area contributed by atoms with E-state index in [4.69, 9.17) is 11.2 Å². The summed E-state index contributed by atoms with van der Waals surface area (Å²) in [5.41, 5.74) is 0.406. The van der Waals surface area contributed by atoms with Gasteiger partial charge in [-0.3, -0.25) is 10.1 Å². The molecule has 0 saturated carbocycles. The van der Waals surface area contributed by atoms with Crippen LogP contribution < -0.4 is 4.74 Å². The van der Waals surface area contributed by atoms with E-state index in [-0.39, 0.29) is 11.4 Å². The maximum Gasteiger partial charge on any atom is 0.312 e. The first kappa shape index (κ1) is 16.0. The summed E-state index contributed by atoms with van der Waals surface area (Å²) in [4.78, 5) is 12.6. The van der Waals surface area contributed by atoms with Crippen LogP contribution in [-0.2, 0) is 0 Å². The van der Waals surface area contributed by atoms with E-state index < -0.39 is 4.92 Å². The average Bonchev–Trinajstić information content (AvgIpc) is 2.42. The predicted molar refractivity (Wildman–Crippen MR) is 78.9 cm³/mol. The van der Waals surface area contributed by atoms with Gasteiger partial charge in [-0.1, -0.05) is 5.92 Å². The molecule has 0 aliphatic heterocycles. The van der Waals surface area contributed by atoms with Gasteiger partial charge in [-0.15, -0.1) is 6.42 Å². The van der Waals surface area contributed by atoms with Gasteiger partial charge in [-0.2, -0.15) is 0 Å². The van der Waals surface area contributed by atoms with Crippen molar-refractivity contribution in [2.24, 2.45) is 0 Å². The third-order valence-corrected chi connectivity index (χ3v) is 2.83. The fourth-order valence-electron chi connectivity index (χ4n) is 1.76. The topological polar surface area (TPSA) is 55.6 Å². The number of nitro groups is 1. The van der Waals surface area contributed by atoms with Gasteiger partial charge in [-0.05, 0) is 52.0 Å². The molecule has 0 unspecified atom stereocenters. The fraction of sp³-hybridized carbons (Fsp3) is 0.467. The van der Waals surface area contributed by atoms with Crippen LogP contribution in [0.2, 0.25) is 0 Å². The van der Waals surface area contributed by atoms with Crippen molar-refractivity contribution in [1.82, 2.24) is 4.90 Å². The molecule has 0 amide bonds. The van der Waals surface area contributed by atoms with Gasteiger partial charge < -0.3 is 9.64 Å². The molecule has 108 valence electrons. The lowest BCUT2D eigenvalue weighted by atomic mass is 10.2. The van der Waals surface area contributed by atoms with Crippen LogP contribution in [0.1, 0.15) is 24.8 Å². The molecule has 1 rings (SSSR count). The van der Waals surface area contributed by atoms with E-state index in [1.165, 1.54) is 6.07 Å². The van der Waals surface area contributed by atoms with Gasteiger partial charge in [0.2, 0.25) is 0 Å². The van der Waals surface area contributed by atoms with Gasteiger partial charge in [0.15, 0.2) is 5.75 Å². The van der Waals surface area contributed by atoms with Crippen molar-refractivity contribution < 1.29 is 9.66 Å². The molecule has 5 nitrogen and oxygen atoms in total. The smallest absolute Gasteiger partial charge is 0.312 e. The number of hydrogen-bond acceptors (Lipinski definition) is 4. The maximum atomic E-state index is 11.0. The van der Waals surface area contributed by atoms with E-state index in [9.17, 15) is 10.1 Å². The molecule has 0 bridgehead atoms. The van der Waals surface area contributed by atoms with Crippen molar-refractivity contribution in [3.8, 4) is 18.1 Å². The highest BCUT2D eigenvalue weighted by Gasteiger charge is 2.15. The molecule has 1 aromatic rings. The van der Waals surface area contributed by atoms with Gasteiger partial charge in [0.25, 0.3) is 0 Å². The molecule has 0 fully saturated rings. The van der Waals surface area contributed by atoms with E-state index in [0.29, 0.717) is 12.2 Å². The van der Waals surface area contributed by atoms with Crippen molar-refractivity contribution in [2.45, 2.75) is 19.3 Å². The molecule has 0 saturated heterocycles. The van der Waals surface area contributed by atoms with Gasteiger partial charge in [-0.25, -0.2) is 0 Å². The Kier molecular flexibility index (Phi) is 6.54. The second-order valence-electron chi connectivity index (χ2n) is 4.80. The SMILES string of the molecule is C#Cc1ccc(OCCCCCN(C)C)c([N+](=O)[O-])c1. The zero-order valence-corrected chi connectivity index (χ0v) is 12.0. The number of unbranched alkanes of at least 4 members (excludes halogenated alkanes) is 2. The van der Waals surface area contributed by atoms with E-state index in [1.54, 1.807) is 12.1 Å². The number of rotatable bonds is 8. The minimum Gasteiger partial charge on any atom is -0.487 e. The second kappa shape index (κ2) is 8.18. The second-order valence-corrected chi connectivity index (χ2v) is 4.80. The van der Waals surface area contributed by atoms with Crippen LogP contribution in [0, 0.1) is 22.5 Å². The lowest BCUT2D eigenvalue weighted by Gasteiger charge is -2.09. The van der Waals surface area contributed by atoms with E-state index in [2.05, 4.69) is 10.8 Å². The molecule has 0 radical (unpaired) electrons. The molecule has 0 atom stereocenters. The highest BCUT2D eigenvalue weighted by atomic mass is 16.6. The summed E-state index contributed by atoms with van der Waals surface area (Å²) >= 11 is 0.